The molecule has 0 heterocycles. The van der Waals surface area contributed by atoms with Gasteiger partial charge in [0.1, 0.15) is 5.82 Å². The maximum atomic E-state index is 12.8. The second kappa shape index (κ2) is 5.78. The Labute approximate surface area is 110 Å². The highest BCUT2D eigenvalue weighted by Gasteiger charge is 2.05. The van der Waals surface area contributed by atoms with Crippen LogP contribution in [0.25, 0.3) is 11.1 Å². The molecule has 0 aromatic heterocycles. The summed E-state index contributed by atoms with van der Waals surface area (Å²) in [5, 5.41) is 0. The van der Waals surface area contributed by atoms with Gasteiger partial charge in [-0.25, -0.2) is 4.39 Å². The van der Waals surface area contributed by atoms with E-state index in [0.29, 0.717) is 17.9 Å². The van der Waals surface area contributed by atoms with Gasteiger partial charge in [0, 0.05) is 17.9 Å². The molecule has 0 saturated carbocycles. The van der Waals surface area contributed by atoms with Gasteiger partial charge in [0.2, 0.25) is 0 Å². The van der Waals surface area contributed by atoms with Crippen molar-refractivity contribution in [1.82, 2.24) is 0 Å². The molecule has 2 aromatic carbocycles. The number of rotatable bonds is 4. The normalized spacial score (nSPS) is 10.3. The maximum Gasteiger partial charge on any atom is 0.164 e. The maximum absolute atomic E-state index is 12.8. The highest BCUT2D eigenvalue weighted by molar-refractivity contribution is 6.19. The van der Waals surface area contributed by atoms with Crippen LogP contribution in [0.2, 0.25) is 0 Å². The fourth-order valence-electron chi connectivity index (χ4n) is 1.72. The predicted octanol–water partition coefficient (Wildman–Crippen LogP) is 4.30. The Balaban J connectivity index is 2.22. The molecule has 3 heteroatoms. The first-order valence-electron chi connectivity index (χ1n) is 5.66. The van der Waals surface area contributed by atoms with Crippen LogP contribution in [0.1, 0.15) is 16.8 Å². The minimum Gasteiger partial charge on any atom is -0.294 e. The number of carbonyl (C=O) groups excluding carboxylic acids is 1. The zero-order chi connectivity index (χ0) is 13.0. The van der Waals surface area contributed by atoms with Crippen LogP contribution >= 0.6 is 11.6 Å². The van der Waals surface area contributed by atoms with Crippen LogP contribution in [0.5, 0.6) is 0 Å². The third kappa shape index (κ3) is 2.96. The molecule has 0 atom stereocenters. The highest BCUT2D eigenvalue weighted by Crippen LogP contribution is 2.20. The number of alkyl halides is 1. The number of hydrogen-bond donors (Lipinski definition) is 0. The van der Waals surface area contributed by atoms with Crippen molar-refractivity contribution >= 4 is 17.4 Å². The van der Waals surface area contributed by atoms with E-state index in [4.69, 9.17) is 11.6 Å². The Hall–Kier alpha value is -1.67. The Morgan fingerprint density at radius 3 is 1.94 bits per heavy atom. The summed E-state index contributed by atoms with van der Waals surface area (Å²) < 4.78 is 12.8. The lowest BCUT2D eigenvalue weighted by Gasteiger charge is -2.03. The number of halogens is 2. The number of benzene rings is 2. The van der Waals surface area contributed by atoms with E-state index in [-0.39, 0.29) is 11.6 Å². The van der Waals surface area contributed by atoms with Crippen LogP contribution in [0.15, 0.2) is 48.5 Å². The largest absolute Gasteiger partial charge is 0.294 e. The molecule has 0 aliphatic heterocycles. The van der Waals surface area contributed by atoms with Gasteiger partial charge in [0.15, 0.2) is 5.78 Å². The molecule has 0 radical (unpaired) electrons. The zero-order valence-electron chi connectivity index (χ0n) is 9.70. The van der Waals surface area contributed by atoms with Gasteiger partial charge in [-0.3, -0.25) is 4.79 Å². The number of hydrogen-bond acceptors (Lipinski definition) is 1. The highest BCUT2D eigenvalue weighted by atomic mass is 35.5. The lowest BCUT2D eigenvalue weighted by molar-refractivity contribution is 0.0989. The topological polar surface area (TPSA) is 17.1 Å². The Morgan fingerprint density at radius 2 is 1.44 bits per heavy atom. The quantitative estimate of drug-likeness (QED) is 0.593. The minimum absolute atomic E-state index is 0.0376. The second-order valence-corrected chi connectivity index (χ2v) is 4.32. The summed E-state index contributed by atoms with van der Waals surface area (Å²) in [4.78, 5) is 11.6. The van der Waals surface area contributed by atoms with Crippen molar-refractivity contribution in [3.05, 3.63) is 59.9 Å². The molecule has 0 unspecified atom stereocenters. The first-order chi connectivity index (χ1) is 8.70. The zero-order valence-corrected chi connectivity index (χ0v) is 10.5. The van der Waals surface area contributed by atoms with Crippen molar-refractivity contribution in [2.75, 3.05) is 5.88 Å². The molecule has 2 rings (SSSR count). The fraction of sp³-hybridized carbons (Fsp3) is 0.133. The standard InChI is InChI=1S/C15H12ClFO/c16-10-9-15(18)13-3-1-11(2-4-13)12-5-7-14(17)8-6-12/h1-8H,9-10H2. The van der Waals surface area contributed by atoms with Crippen molar-refractivity contribution in [2.45, 2.75) is 6.42 Å². The summed E-state index contributed by atoms with van der Waals surface area (Å²) in [7, 11) is 0. The first-order valence-corrected chi connectivity index (χ1v) is 6.19. The Morgan fingerprint density at radius 1 is 0.944 bits per heavy atom. The van der Waals surface area contributed by atoms with E-state index >= 15 is 0 Å². The summed E-state index contributed by atoms with van der Waals surface area (Å²) in [5.41, 5.74) is 2.53. The van der Waals surface area contributed by atoms with Crippen molar-refractivity contribution in [3.8, 4) is 11.1 Å². The van der Waals surface area contributed by atoms with Crippen LogP contribution in [-0.4, -0.2) is 11.7 Å². The van der Waals surface area contributed by atoms with E-state index < -0.39 is 0 Å². The smallest absolute Gasteiger partial charge is 0.164 e. The number of Topliss-reactive ketones (excluding diaryl/α,β-unsaturated/α-hetero) is 1. The van der Waals surface area contributed by atoms with Gasteiger partial charge in [-0.1, -0.05) is 36.4 Å². The molecular weight excluding hydrogens is 251 g/mol. The van der Waals surface area contributed by atoms with Crippen molar-refractivity contribution < 1.29 is 9.18 Å². The molecule has 2 aromatic rings. The molecule has 0 saturated heterocycles. The van der Waals surface area contributed by atoms with Crippen LogP contribution in [-0.2, 0) is 0 Å². The minimum atomic E-state index is -0.257. The molecule has 0 bridgehead atoms. The Kier molecular flexibility index (Phi) is 4.11. The number of carbonyl (C=O) groups is 1. The van der Waals surface area contributed by atoms with E-state index in [0.717, 1.165) is 11.1 Å². The monoisotopic (exact) mass is 262 g/mol. The molecule has 0 aliphatic rings. The lowest BCUT2D eigenvalue weighted by atomic mass is 10.0. The second-order valence-electron chi connectivity index (χ2n) is 3.95. The van der Waals surface area contributed by atoms with Gasteiger partial charge in [-0.15, -0.1) is 11.6 Å². The predicted molar refractivity (Wildman–Crippen MR) is 71.5 cm³/mol. The van der Waals surface area contributed by atoms with Crippen molar-refractivity contribution in [3.63, 3.8) is 0 Å². The van der Waals surface area contributed by atoms with Crippen LogP contribution in [0, 0.1) is 5.82 Å². The number of ketones is 1. The van der Waals surface area contributed by atoms with E-state index in [1.807, 2.05) is 12.1 Å². The molecular formula is C15H12ClFO. The molecule has 0 spiro atoms. The third-order valence-electron chi connectivity index (χ3n) is 2.71. The van der Waals surface area contributed by atoms with E-state index in [2.05, 4.69) is 0 Å². The van der Waals surface area contributed by atoms with E-state index in [9.17, 15) is 9.18 Å². The van der Waals surface area contributed by atoms with Crippen molar-refractivity contribution in [1.29, 1.82) is 0 Å². The van der Waals surface area contributed by atoms with Crippen LogP contribution in [0.4, 0.5) is 4.39 Å². The van der Waals surface area contributed by atoms with Crippen molar-refractivity contribution in [2.24, 2.45) is 0 Å². The average molecular weight is 263 g/mol. The van der Waals surface area contributed by atoms with E-state index in [1.54, 1.807) is 24.3 Å². The van der Waals surface area contributed by atoms with Gasteiger partial charge >= 0.3 is 0 Å². The molecule has 92 valence electrons. The third-order valence-corrected chi connectivity index (χ3v) is 2.89. The van der Waals surface area contributed by atoms with Crippen LogP contribution in [0.3, 0.4) is 0 Å². The summed E-state index contributed by atoms with van der Waals surface area (Å²) >= 11 is 5.53. The lowest BCUT2D eigenvalue weighted by Crippen LogP contribution is -1.99. The summed E-state index contributed by atoms with van der Waals surface area (Å²) in [6.07, 6.45) is 0.345. The van der Waals surface area contributed by atoms with Crippen LogP contribution < -0.4 is 0 Å². The first kappa shape index (κ1) is 12.8. The molecule has 18 heavy (non-hydrogen) atoms. The summed E-state index contributed by atoms with van der Waals surface area (Å²) in [6.45, 7) is 0. The molecule has 0 fully saturated rings. The molecule has 0 aliphatic carbocycles. The molecule has 0 N–H and O–H groups in total. The van der Waals surface area contributed by atoms with Gasteiger partial charge in [-0.2, -0.15) is 0 Å². The van der Waals surface area contributed by atoms with E-state index in [1.165, 1.54) is 12.1 Å². The SMILES string of the molecule is O=C(CCCl)c1ccc(-c2ccc(F)cc2)cc1. The Bertz CT molecular complexity index is 531. The summed E-state index contributed by atoms with van der Waals surface area (Å²) in [5.74, 6) is 0.113. The molecule has 0 amide bonds. The molecule has 1 nitrogen and oxygen atoms in total. The average Bonchev–Trinajstić information content (AvgIpc) is 2.40. The summed E-state index contributed by atoms with van der Waals surface area (Å²) in [6, 6.07) is 13.5. The van der Waals surface area contributed by atoms with Gasteiger partial charge in [0.05, 0.1) is 0 Å². The van der Waals surface area contributed by atoms with Gasteiger partial charge in [0.25, 0.3) is 0 Å². The van der Waals surface area contributed by atoms with Gasteiger partial charge < -0.3 is 0 Å². The fourth-order valence-corrected chi connectivity index (χ4v) is 1.89. The van der Waals surface area contributed by atoms with Gasteiger partial charge in [-0.05, 0) is 23.3 Å².